The second kappa shape index (κ2) is 6.91. The molecule has 0 fully saturated rings. The highest BCUT2D eigenvalue weighted by Crippen LogP contribution is 2.46. The van der Waals surface area contributed by atoms with Crippen molar-refractivity contribution in [2.45, 2.75) is 18.9 Å². The Hall–Kier alpha value is -1.91. The molecule has 24 heavy (non-hydrogen) atoms. The zero-order valence-corrected chi connectivity index (χ0v) is 15.2. The SMILES string of the molecule is C/C=C/C(=O)OC1c2ccccc2C(=O)C1c1ccc(Cl)cc1Br. The van der Waals surface area contributed by atoms with Crippen LogP contribution in [0.15, 0.2) is 59.1 Å². The molecule has 0 radical (unpaired) electrons. The first-order valence-corrected chi connectivity index (χ1v) is 8.61. The lowest BCUT2D eigenvalue weighted by Crippen LogP contribution is -2.17. The van der Waals surface area contributed by atoms with Crippen molar-refractivity contribution in [1.82, 2.24) is 0 Å². The predicted octanol–water partition coefficient (Wildman–Crippen LogP) is 5.24. The summed E-state index contributed by atoms with van der Waals surface area (Å²) in [5.41, 5.74) is 2.06. The maximum atomic E-state index is 12.9. The molecule has 122 valence electrons. The molecule has 0 saturated heterocycles. The molecule has 0 saturated carbocycles. The second-order valence-corrected chi connectivity index (χ2v) is 6.74. The van der Waals surface area contributed by atoms with E-state index in [2.05, 4.69) is 15.9 Å². The summed E-state index contributed by atoms with van der Waals surface area (Å²) in [5.74, 6) is -1.13. The molecule has 3 nitrogen and oxygen atoms in total. The number of Topliss-reactive ketones (excluding diaryl/α,β-unsaturated/α-hetero) is 1. The van der Waals surface area contributed by atoms with Crippen LogP contribution in [0.5, 0.6) is 0 Å². The van der Waals surface area contributed by atoms with Crippen LogP contribution in [0.3, 0.4) is 0 Å². The number of allylic oxidation sites excluding steroid dienone is 1. The molecule has 0 amide bonds. The number of hydrogen-bond donors (Lipinski definition) is 0. The molecule has 2 atom stereocenters. The van der Waals surface area contributed by atoms with Crippen LogP contribution >= 0.6 is 27.5 Å². The Morgan fingerprint density at radius 3 is 2.67 bits per heavy atom. The van der Waals surface area contributed by atoms with Gasteiger partial charge < -0.3 is 4.74 Å². The Bertz CT molecular complexity index is 844. The van der Waals surface area contributed by atoms with Gasteiger partial charge in [0.1, 0.15) is 6.10 Å². The average Bonchev–Trinajstić information content (AvgIpc) is 2.81. The van der Waals surface area contributed by atoms with Gasteiger partial charge in [0.15, 0.2) is 5.78 Å². The minimum atomic E-state index is -0.658. The van der Waals surface area contributed by atoms with Gasteiger partial charge in [-0.2, -0.15) is 0 Å². The minimum absolute atomic E-state index is 0.0631. The Morgan fingerprint density at radius 1 is 1.21 bits per heavy atom. The van der Waals surface area contributed by atoms with Crippen LogP contribution in [0.1, 0.15) is 40.4 Å². The van der Waals surface area contributed by atoms with Gasteiger partial charge in [0, 0.05) is 26.7 Å². The molecular formula is C19H14BrClO3. The van der Waals surface area contributed by atoms with Crippen LogP contribution in [0.25, 0.3) is 0 Å². The summed E-state index contributed by atoms with van der Waals surface area (Å²) in [6, 6.07) is 12.5. The largest absolute Gasteiger partial charge is 0.453 e. The first-order chi connectivity index (χ1) is 11.5. The summed E-state index contributed by atoms with van der Waals surface area (Å²) < 4.78 is 6.32. The summed E-state index contributed by atoms with van der Waals surface area (Å²) >= 11 is 9.46. The van der Waals surface area contributed by atoms with E-state index in [4.69, 9.17) is 16.3 Å². The third-order valence-electron chi connectivity index (χ3n) is 3.96. The fraction of sp³-hybridized carbons (Fsp3) is 0.158. The van der Waals surface area contributed by atoms with Crippen LogP contribution in [-0.4, -0.2) is 11.8 Å². The van der Waals surface area contributed by atoms with Crippen molar-refractivity contribution in [3.63, 3.8) is 0 Å². The molecule has 0 spiro atoms. The maximum Gasteiger partial charge on any atom is 0.331 e. The molecule has 3 rings (SSSR count). The molecule has 2 aromatic rings. The number of hydrogen-bond acceptors (Lipinski definition) is 3. The molecule has 0 bridgehead atoms. The average molecular weight is 406 g/mol. The first kappa shape index (κ1) is 16.9. The summed E-state index contributed by atoms with van der Waals surface area (Å²) in [5, 5.41) is 0.566. The zero-order chi connectivity index (χ0) is 17.3. The quantitative estimate of drug-likeness (QED) is 0.518. The second-order valence-electron chi connectivity index (χ2n) is 5.45. The van der Waals surface area contributed by atoms with E-state index in [0.29, 0.717) is 15.1 Å². The Balaban J connectivity index is 2.09. The van der Waals surface area contributed by atoms with E-state index < -0.39 is 18.0 Å². The van der Waals surface area contributed by atoms with Crippen LogP contribution in [0, 0.1) is 0 Å². The molecular weight excluding hydrogens is 392 g/mol. The third kappa shape index (κ3) is 3.04. The number of ether oxygens (including phenoxy) is 1. The van der Waals surface area contributed by atoms with Gasteiger partial charge in [-0.15, -0.1) is 0 Å². The normalized spacial score (nSPS) is 19.5. The van der Waals surface area contributed by atoms with E-state index in [1.165, 1.54) is 6.08 Å². The van der Waals surface area contributed by atoms with Gasteiger partial charge in [-0.25, -0.2) is 4.79 Å². The first-order valence-electron chi connectivity index (χ1n) is 7.44. The highest BCUT2D eigenvalue weighted by atomic mass is 79.9. The van der Waals surface area contributed by atoms with E-state index in [9.17, 15) is 9.59 Å². The topological polar surface area (TPSA) is 43.4 Å². The lowest BCUT2D eigenvalue weighted by atomic mass is 9.93. The Kier molecular flexibility index (Phi) is 4.88. The summed E-state index contributed by atoms with van der Waals surface area (Å²) in [4.78, 5) is 24.9. The number of halogens is 2. The van der Waals surface area contributed by atoms with Crippen molar-refractivity contribution >= 4 is 39.3 Å². The summed E-state index contributed by atoms with van der Waals surface area (Å²) in [6.45, 7) is 1.74. The van der Waals surface area contributed by atoms with Gasteiger partial charge in [-0.05, 0) is 24.6 Å². The van der Waals surface area contributed by atoms with Crippen molar-refractivity contribution in [1.29, 1.82) is 0 Å². The van der Waals surface area contributed by atoms with Crippen molar-refractivity contribution in [3.05, 3.63) is 80.8 Å². The lowest BCUT2D eigenvalue weighted by molar-refractivity contribution is -0.143. The van der Waals surface area contributed by atoms with Crippen LogP contribution in [0.4, 0.5) is 0 Å². The molecule has 0 aromatic heterocycles. The molecule has 5 heteroatoms. The predicted molar refractivity (Wildman–Crippen MR) is 96.3 cm³/mol. The Labute approximate surface area is 153 Å². The van der Waals surface area contributed by atoms with Crippen LogP contribution < -0.4 is 0 Å². The fourth-order valence-corrected chi connectivity index (χ4v) is 3.87. The van der Waals surface area contributed by atoms with Crippen LogP contribution in [-0.2, 0) is 9.53 Å². The lowest BCUT2D eigenvalue weighted by Gasteiger charge is -2.20. The van der Waals surface area contributed by atoms with Crippen molar-refractivity contribution < 1.29 is 14.3 Å². The molecule has 0 N–H and O–H groups in total. The number of fused-ring (bicyclic) bond motifs is 1. The number of benzene rings is 2. The van der Waals surface area contributed by atoms with E-state index >= 15 is 0 Å². The molecule has 1 aliphatic rings. The summed E-state index contributed by atoms with van der Waals surface area (Å²) in [7, 11) is 0. The number of ketones is 1. The molecule has 1 aliphatic carbocycles. The van der Waals surface area contributed by atoms with Crippen molar-refractivity contribution in [2.75, 3.05) is 0 Å². The van der Waals surface area contributed by atoms with E-state index in [1.807, 2.05) is 12.1 Å². The smallest absolute Gasteiger partial charge is 0.331 e. The van der Waals surface area contributed by atoms with Crippen molar-refractivity contribution in [2.24, 2.45) is 0 Å². The fourth-order valence-electron chi connectivity index (χ4n) is 2.94. The van der Waals surface area contributed by atoms with Gasteiger partial charge >= 0.3 is 5.97 Å². The highest BCUT2D eigenvalue weighted by Gasteiger charge is 2.43. The molecule has 2 aromatic carbocycles. The van der Waals surface area contributed by atoms with E-state index in [1.54, 1.807) is 43.3 Å². The maximum absolute atomic E-state index is 12.9. The zero-order valence-electron chi connectivity index (χ0n) is 12.8. The number of esters is 1. The minimum Gasteiger partial charge on any atom is -0.453 e. The van der Waals surface area contributed by atoms with Gasteiger partial charge in [-0.1, -0.05) is 63.9 Å². The Morgan fingerprint density at radius 2 is 1.96 bits per heavy atom. The van der Waals surface area contributed by atoms with Crippen molar-refractivity contribution in [3.8, 4) is 0 Å². The number of carbonyl (C=O) groups excluding carboxylic acids is 2. The molecule has 2 unspecified atom stereocenters. The number of carbonyl (C=O) groups is 2. The highest BCUT2D eigenvalue weighted by molar-refractivity contribution is 9.10. The van der Waals surface area contributed by atoms with Gasteiger partial charge in [0.2, 0.25) is 0 Å². The molecule has 0 aliphatic heterocycles. The third-order valence-corrected chi connectivity index (χ3v) is 4.88. The number of rotatable bonds is 3. The van der Waals surface area contributed by atoms with Gasteiger partial charge in [0.05, 0.1) is 5.92 Å². The van der Waals surface area contributed by atoms with Crippen LogP contribution in [0.2, 0.25) is 5.02 Å². The standard InChI is InChI=1S/C19H14BrClO3/c1-2-5-16(22)24-19-13-7-4-3-6-12(13)18(23)17(19)14-9-8-11(21)10-15(14)20/h2-10,17,19H,1H3/b5-2+. The van der Waals surface area contributed by atoms with Gasteiger partial charge in [-0.3, -0.25) is 4.79 Å². The monoisotopic (exact) mass is 404 g/mol. The summed E-state index contributed by atoms with van der Waals surface area (Å²) in [6.07, 6.45) is 2.30. The van der Waals surface area contributed by atoms with E-state index in [-0.39, 0.29) is 5.78 Å². The molecule has 0 heterocycles. The van der Waals surface area contributed by atoms with E-state index in [0.717, 1.165) is 11.1 Å². The van der Waals surface area contributed by atoms with Gasteiger partial charge in [0.25, 0.3) is 0 Å².